The van der Waals surface area contributed by atoms with E-state index >= 15 is 0 Å². The van der Waals surface area contributed by atoms with Crippen molar-refractivity contribution in [3.05, 3.63) is 52.3 Å². The molecule has 0 bridgehead atoms. The number of H-pyrrole nitrogens is 1. The molecule has 1 aromatic heterocycles. The largest absolute Gasteiger partial charge is 0.493 e. The number of ether oxygens (including phenoxy) is 1. The van der Waals surface area contributed by atoms with Crippen molar-refractivity contribution < 1.29 is 14.6 Å². The van der Waals surface area contributed by atoms with E-state index in [-0.39, 0.29) is 28.4 Å². The summed E-state index contributed by atoms with van der Waals surface area (Å²) >= 11 is 0. The average Bonchev–Trinajstić information content (AvgIpc) is 2.98. The van der Waals surface area contributed by atoms with Gasteiger partial charge in [0.1, 0.15) is 5.56 Å². The number of carbonyl (C=O) groups excluding carboxylic acids is 1. The number of amides is 1. The molecule has 1 heterocycles. The quantitative estimate of drug-likeness (QED) is 0.146. The molecule has 1 amide bonds. The van der Waals surface area contributed by atoms with Gasteiger partial charge in [0.2, 0.25) is 5.88 Å². The van der Waals surface area contributed by atoms with Crippen LogP contribution in [-0.2, 0) is 0 Å². The number of aromatic hydroxyl groups is 1. The van der Waals surface area contributed by atoms with E-state index in [1.54, 1.807) is 18.2 Å². The van der Waals surface area contributed by atoms with Crippen LogP contribution in [0.5, 0.6) is 11.6 Å². The van der Waals surface area contributed by atoms with Gasteiger partial charge in [-0.25, -0.2) is 0 Å². The highest BCUT2D eigenvalue weighted by atomic mass is 16.5. The second kappa shape index (κ2) is 17.6. The number of rotatable bonds is 18. The first-order chi connectivity index (χ1) is 20.9. The predicted octanol–water partition coefficient (Wildman–Crippen LogP) is 8.74. The van der Waals surface area contributed by atoms with E-state index in [0.29, 0.717) is 41.9 Å². The highest BCUT2D eigenvalue weighted by Crippen LogP contribution is 2.39. The number of aromatic nitrogens is 1. The smallest absolute Gasteiger partial charge is 0.263 e. The molecule has 9 heteroatoms. The van der Waals surface area contributed by atoms with Gasteiger partial charge < -0.3 is 20.1 Å². The molecule has 1 aromatic carbocycles. The maximum absolute atomic E-state index is 14.2. The minimum atomic E-state index is -0.576. The second-order valence-corrected chi connectivity index (χ2v) is 12.7. The molecule has 0 radical (unpaired) electrons. The first kappa shape index (κ1) is 36.6. The molecule has 2 unspecified atom stereocenters. The summed E-state index contributed by atoms with van der Waals surface area (Å²) in [5.74, 6) is 0.312. The van der Waals surface area contributed by atoms with Gasteiger partial charge in [0, 0.05) is 24.3 Å². The lowest BCUT2D eigenvalue weighted by atomic mass is 9.95. The fourth-order valence-electron chi connectivity index (χ4n) is 5.35. The third kappa shape index (κ3) is 10.5. The molecular formula is C35H55N5O4. The molecule has 0 aliphatic carbocycles. The molecule has 2 atom stereocenters. The summed E-state index contributed by atoms with van der Waals surface area (Å²) in [5.41, 5.74) is 0.225. The Bertz CT molecular complexity index is 1290. The molecule has 3 N–H and O–H groups in total. The zero-order valence-corrected chi connectivity index (χ0v) is 28.3. The molecule has 9 nitrogen and oxygen atoms in total. The number of unbranched alkanes of at least 4 members (excludes halogenated alkanes) is 2. The number of nitrogens with one attached hydrogen (secondary N) is 2. The second-order valence-electron chi connectivity index (χ2n) is 12.7. The van der Waals surface area contributed by atoms with E-state index in [1.807, 2.05) is 31.7 Å². The van der Waals surface area contributed by atoms with Crippen LogP contribution in [0.25, 0.3) is 5.70 Å². The number of nitrogens with zero attached hydrogens (tertiary/aromatic N) is 3. The predicted molar refractivity (Wildman–Crippen MR) is 180 cm³/mol. The Labute approximate surface area is 264 Å². The molecule has 0 spiro atoms. The lowest BCUT2D eigenvalue weighted by molar-refractivity contribution is 0.0685. The highest BCUT2D eigenvalue weighted by Gasteiger charge is 2.26. The first-order valence-electron chi connectivity index (χ1n) is 16.2. The van der Waals surface area contributed by atoms with E-state index in [1.165, 1.54) is 7.11 Å². The van der Waals surface area contributed by atoms with Crippen LogP contribution >= 0.6 is 0 Å². The Balaban J connectivity index is 2.55. The monoisotopic (exact) mass is 609 g/mol. The number of azo groups is 1. The molecule has 0 saturated carbocycles. The third-order valence-electron chi connectivity index (χ3n) is 7.88. The fraction of sp³-hybridized carbons (Fsp3) is 0.600. The van der Waals surface area contributed by atoms with E-state index in [4.69, 9.17) is 4.74 Å². The van der Waals surface area contributed by atoms with Crippen molar-refractivity contribution in [2.45, 2.75) is 105 Å². The zero-order chi connectivity index (χ0) is 32.9. The summed E-state index contributed by atoms with van der Waals surface area (Å²) < 4.78 is 5.54. The molecule has 0 saturated heterocycles. The van der Waals surface area contributed by atoms with Crippen molar-refractivity contribution in [1.29, 1.82) is 0 Å². The molecule has 2 rings (SSSR count). The summed E-state index contributed by atoms with van der Waals surface area (Å²) in [6.07, 6.45) is 8.75. The van der Waals surface area contributed by atoms with Crippen molar-refractivity contribution in [2.24, 2.45) is 22.1 Å². The van der Waals surface area contributed by atoms with Gasteiger partial charge in [-0.15, -0.1) is 10.2 Å². The minimum Gasteiger partial charge on any atom is -0.493 e. The maximum atomic E-state index is 14.2. The normalized spacial score (nSPS) is 13.1. The van der Waals surface area contributed by atoms with Crippen LogP contribution in [0.15, 0.2) is 45.9 Å². The average molecular weight is 610 g/mol. The summed E-state index contributed by atoms with van der Waals surface area (Å²) in [4.78, 5) is 31.5. The van der Waals surface area contributed by atoms with Crippen LogP contribution < -0.4 is 15.6 Å². The number of methoxy groups -OCH3 is 1. The van der Waals surface area contributed by atoms with Gasteiger partial charge in [0.25, 0.3) is 11.5 Å². The standard InChI is InChI=1S/C35H55N5O4/c1-10-14-18-25(12-3)22-40(23-26(13-4)19-15-11-2)34(43)27-20-16-17-21-28(27)38-39-30-31(44-9)29(32(41)36-33(30)42)24(5)37-35(6,7)8/h16-17,20-21,25-26,37H,5,10-15,18-19,22-23H2,1-4,6-9H3,(H2,36,41,42)/b39-38+. The number of aromatic amines is 1. The highest BCUT2D eigenvalue weighted by molar-refractivity contribution is 5.99. The van der Waals surface area contributed by atoms with Gasteiger partial charge in [-0.2, -0.15) is 0 Å². The van der Waals surface area contributed by atoms with Crippen LogP contribution in [0, 0.1) is 11.8 Å². The Morgan fingerprint density at radius 3 is 2.09 bits per heavy atom. The van der Waals surface area contributed by atoms with E-state index in [2.05, 4.69) is 54.8 Å². The molecule has 244 valence electrons. The van der Waals surface area contributed by atoms with Crippen molar-refractivity contribution in [2.75, 3.05) is 20.2 Å². The Kier molecular flexibility index (Phi) is 14.6. The van der Waals surface area contributed by atoms with Crippen LogP contribution in [0.1, 0.15) is 116 Å². The van der Waals surface area contributed by atoms with Gasteiger partial charge in [0.05, 0.1) is 18.4 Å². The SMILES string of the molecule is C=C(NC(C)(C)C)c1c(OC)c(/N=N/c2ccccc2C(=O)N(CC(CC)CCCC)CC(CC)CCCC)c(O)[nH]c1=O. The minimum absolute atomic E-state index is 0.0330. The van der Waals surface area contributed by atoms with Crippen molar-refractivity contribution >= 4 is 23.0 Å². The van der Waals surface area contributed by atoms with E-state index < -0.39 is 11.4 Å². The Hall–Kier alpha value is -3.62. The Morgan fingerprint density at radius 2 is 1.59 bits per heavy atom. The number of carbonyl (C=O) groups is 1. The number of hydrogen-bond acceptors (Lipinski definition) is 7. The van der Waals surface area contributed by atoms with E-state index in [9.17, 15) is 14.7 Å². The van der Waals surface area contributed by atoms with Crippen molar-refractivity contribution in [3.63, 3.8) is 0 Å². The lowest BCUT2D eigenvalue weighted by Crippen LogP contribution is -2.39. The molecule has 0 fully saturated rings. The number of pyridine rings is 1. The molecule has 44 heavy (non-hydrogen) atoms. The third-order valence-corrected chi connectivity index (χ3v) is 7.88. The Morgan fingerprint density at radius 1 is 1.02 bits per heavy atom. The zero-order valence-electron chi connectivity index (χ0n) is 28.3. The van der Waals surface area contributed by atoms with Crippen molar-refractivity contribution in [3.8, 4) is 11.6 Å². The van der Waals surface area contributed by atoms with Crippen LogP contribution in [0.3, 0.4) is 0 Å². The van der Waals surface area contributed by atoms with Gasteiger partial charge in [0.15, 0.2) is 11.4 Å². The topological polar surface area (TPSA) is 119 Å². The maximum Gasteiger partial charge on any atom is 0.263 e. The van der Waals surface area contributed by atoms with Crippen LogP contribution in [0.2, 0.25) is 0 Å². The summed E-state index contributed by atoms with van der Waals surface area (Å²) in [6, 6.07) is 7.12. The molecule has 0 aliphatic heterocycles. The van der Waals surface area contributed by atoms with Gasteiger partial charge in [-0.1, -0.05) is 84.9 Å². The number of hydrogen-bond donors (Lipinski definition) is 3. The lowest BCUT2D eigenvalue weighted by Gasteiger charge is -2.31. The van der Waals surface area contributed by atoms with Crippen molar-refractivity contribution in [1.82, 2.24) is 15.2 Å². The van der Waals surface area contributed by atoms with Gasteiger partial charge in [-0.05, 0) is 57.6 Å². The fourth-order valence-corrected chi connectivity index (χ4v) is 5.35. The van der Waals surface area contributed by atoms with Crippen LogP contribution in [0.4, 0.5) is 11.4 Å². The van der Waals surface area contributed by atoms with Gasteiger partial charge >= 0.3 is 0 Å². The molecule has 2 aromatic rings. The van der Waals surface area contributed by atoms with Crippen LogP contribution in [-0.4, -0.2) is 46.6 Å². The van der Waals surface area contributed by atoms with Gasteiger partial charge in [-0.3, -0.25) is 14.6 Å². The molecular weight excluding hydrogens is 554 g/mol. The summed E-state index contributed by atoms with van der Waals surface area (Å²) in [7, 11) is 1.39. The molecule has 0 aliphatic rings. The first-order valence-corrected chi connectivity index (χ1v) is 16.2. The summed E-state index contributed by atoms with van der Waals surface area (Å²) in [6.45, 7) is 20.0. The van der Waals surface area contributed by atoms with E-state index in [0.717, 1.165) is 51.4 Å². The summed E-state index contributed by atoms with van der Waals surface area (Å²) in [5, 5.41) is 22.6. The number of benzene rings is 1.